The molecule has 2 aromatic rings. The molecule has 0 saturated carbocycles. The minimum absolute atomic E-state index is 0.0985. The number of aromatic nitrogens is 1. The Morgan fingerprint density at radius 3 is 2.72 bits per heavy atom. The molecule has 0 radical (unpaired) electrons. The number of halogens is 1. The first-order valence-electron chi connectivity index (χ1n) is 8.77. The van der Waals surface area contributed by atoms with Gasteiger partial charge in [0.1, 0.15) is 10.4 Å². The van der Waals surface area contributed by atoms with Crippen LogP contribution in [0.2, 0.25) is 5.02 Å². The molecule has 2 fully saturated rings. The third-order valence-electron chi connectivity index (χ3n) is 5.33. The fraction of sp³-hybridized carbons (Fsp3) is 0.611. The maximum absolute atomic E-state index is 13.5. The van der Waals surface area contributed by atoms with Gasteiger partial charge < -0.3 is 4.42 Å². The smallest absolute Gasteiger partial charge is 0.200 e. The Balaban J connectivity index is 1.87. The van der Waals surface area contributed by atoms with E-state index in [0.717, 1.165) is 25.9 Å². The van der Waals surface area contributed by atoms with E-state index in [1.165, 1.54) is 0 Å². The Hall–Kier alpha value is -1.11. The van der Waals surface area contributed by atoms with E-state index in [1.54, 1.807) is 12.1 Å². The zero-order chi connectivity index (χ0) is 18.0. The minimum Gasteiger partial charge on any atom is -0.439 e. The lowest BCUT2D eigenvalue weighted by Gasteiger charge is -2.21. The number of oxazole rings is 1. The minimum atomic E-state index is -3.59. The van der Waals surface area contributed by atoms with Crippen LogP contribution in [-0.2, 0) is 15.3 Å². The molecule has 0 bridgehead atoms. The van der Waals surface area contributed by atoms with Crippen molar-refractivity contribution in [3.05, 3.63) is 23.0 Å². The molecule has 2 aliphatic rings. The predicted octanol–water partition coefficient (Wildman–Crippen LogP) is 3.79. The van der Waals surface area contributed by atoms with Crippen molar-refractivity contribution in [1.29, 1.82) is 0 Å². The van der Waals surface area contributed by atoms with Crippen LogP contribution in [0, 0.1) is 0 Å². The van der Waals surface area contributed by atoms with Crippen LogP contribution in [0.3, 0.4) is 0 Å². The molecule has 4 rings (SSSR count). The number of benzene rings is 1. The summed E-state index contributed by atoms with van der Waals surface area (Å²) in [6.45, 7) is 7.79. The number of hydrogen-bond acceptors (Lipinski definition) is 5. The molecule has 2 saturated heterocycles. The van der Waals surface area contributed by atoms with Crippen molar-refractivity contribution in [1.82, 2.24) is 9.88 Å². The summed E-state index contributed by atoms with van der Waals surface area (Å²) in [6, 6.07) is 3.44. The molecular formula is C18H23ClN2O3S. The quantitative estimate of drug-likeness (QED) is 0.790. The van der Waals surface area contributed by atoms with Crippen molar-refractivity contribution in [3.8, 4) is 0 Å². The fourth-order valence-corrected chi connectivity index (χ4v) is 6.74. The Labute approximate surface area is 153 Å². The van der Waals surface area contributed by atoms with Gasteiger partial charge >= 0.3 is 0 Å². The molecular weight excluding hydrogens is 360 g/mol. The fourth-order valence-electron chi connectivity index (χ4n) is 4.08. The molecule has 2 aliphatic heterocycles. The summed E-state index contributed by atoms with van der Waals surface area (Å²) < 4.78 is 32.9. The number of sulfone groups is 1. The number of hydrogen-bond donors (Lipinski definition) is 0. The molecule has 1 aromatic carbocycles. The molecule has 0 spiro atoms. The molecule has 0 amide bonds. The monoisotopic (exact) mass is 382 g/mol. The van der Waals surface area contributed by atoms with Crippen LogP contribution >= 0.6 is 11.6 Å². The number of rotatable bonds is 2. The molecule has 2 atom stereocenters. The Morgan fingerprint density at radius 1 is 1.24 bits per heavy atom. The van der Waals surface area contributed by atoms with Gasteiger partial charge in [-0.25, -0.2) is 13.4 Å². The van der Waals surface area contributed by atoms with E-state index in [4.69, 9.17) is 16.0 Å². The van der Waals surface area contributed by atoms with Gasteiger partial charge in [0.2, 0.25) is 5.89 Å². The summed E-state index contributed by atoms with van der Waals surface area (Å²) in [5, 5.41) is -0.193. The topological polar surface area (TPSA) is 63.4 Å². The van der Waals surface area contributed by atoms with E-state index in [-0.39, 0.29) is 21.4 Å². The number of nitrogens with zero attached hydrogens (tertiary/aromatic N) is 2. The summed E-state index contributed by atoms with van der Waals surface area (Å²) in [5.41, 5.74) is 0.547. The number of fused-ring (bicyclic) bond motifs is 2. The van der Waals surface area contributed by atoms with E-state index in [0.29, 0.717) is 23.4 Å². The second-order valence-electron chi connectivity index (χ2n) is 8.11. The van der Waals surface area contributed by atoms with Gasteiger partial charge in [-0.05, 0) is 44.5 Å². The maximum atomic E-state index is 13.5. The van der Waals surface area contributed by atoms with E-state index in [2.05, 4.69) is 9.88 Å². The van der Waals surface area contributed by atoms with Gasteiger partial charge in [-0.2, -0.15) is 0 Å². The Bertz CT molecular complexity index is 930. The summed E-state index contributed by atoms with van der Waals surface area (Å²) in [4.78, 5) is 6.90. The standard InChI is InChI=1S/C18H23ClN2O3S/c1-18(2,3)17-20-12-7-6-11(19)16(15(12)24-17)25(22,23)14-8-10-21-9-4-5-13(14)21/h6-7,13-14H,4-5,8-10H2,1-3H3/t13?,14-/m0/s1. The highest BCUT2D eigenvalue weighted by molar-refractivity contribution is 7.92. The lowest BCUT2D eigenvalue weighted by atomic mass is 9.97. The summed E-state index contributed by atoms with van der Waals surface area (Å²) in [7, 11) is -3.59. The highest BCUT2D eigenvalue weighted by Crippen LogP contribution is 2.40. The summed E-state index contributed by atoms with van der Waals surface area (Å²) >= 11 is 6.35. The van der Waals surface area contributed by atoms with Crippen molar-refractivity contribution in [2.45, 2.75) is 61.6 Å². The summed E-state index contributed by atoms with van der Waals surface area (Å²) in [6.07, 6.45) is 2.65. The van der Waals surface area contributed by atoms with Crippen molar-refractivity contribution in [3.63, 3.8) is 0 Å². The zero-order valence-electron chi connectivity index (χ0n) is 14.8. The van der Waals surface area contributed by atoms with Crippen molar-refractivity contribution in [2.75, 3.05) is 13.1 Å². The lowest BCUT2D eigenvalue weighted by molar-refractivity contribution is 0.324. The van der Waals surface area contributed by atoms with E-state index < -0.39 is 15.1 Å². The third-order valence-corrected chi connectivity index (χ3v) is 8.08. The average molecular weight is 383 g/mol. The third kappa shape index (κ3) is 2.69. The zero-order valence-corrected chi connectivity index (χ0v) is 16.3. The molecule has 3 heterocycles. The first-order chi connectivity index (χ1) is 11.7. The second-order valence-corrected chi connectivity index (χ2v) is 10.6. The van der Waals surface area contributed by atoms with E-state index in [9.17, 15) is 8.42 Å². The average Bonchev–Trinajstić information content (AvgIpc) is 3.19. The van der Waals surface area contributed by atoms with Crippen LogP contribution in [0.25, 0.3) is 11.1 Å². The largest absolute Gasteiger partial charge is 0.439 e. The maximum Gasteiger partial charge on any atom is 0.200 e. The van der Waals surface area contributed by atoms with Crippen LogP contribution in [0.15, 0.2) is 21.4 Å². The van der Waals surface area contributed by atoms with Crippen LogP contribution in [0.5, 0.6) is 0 Å². The molecule has 25 heavy (non-hydrogen) atoms. The van der Waals surface area contributed by atoms with Gasteiger partial charge in [0.25, 0.3) is 0 Å². The van der Waals surface area contributed by atoms with Crippen LogP contribution in [0.4, 0.5) is 0 Å². The molecule has 1 aromatic heterocycles. The molecule has 7 heteroatoms. The van der Waals surface area contributed by atoms with Gasteiger partial charge in [-0.15, -0.1) is 0 Å². The molecule has 5 nitrogen and oxygen atoms in total. The van der Waals surface area contributed by atoms with E-state index >= 15 is 0 Å². The van der Waals surface area contributed by atoms with Crippen LogP contribution < -0.4 is 0 Å². The van der Waals surface area contributed by atoms with Gasteiger partial charge in [-0.1, -0.05) is 32.4 Å². The molecule has 1 unspecified atom stereocenters. The van der Waals surface area contributed by atoms with Gasteiger partial charge in [0, 0.05) is 11.5 Å². The summed E-state index contributed by atoms with van der Waals surface area (Å²) in [5.74, 6) is 0.523. The van der Waals surface area contributed by atoms with Crippen molar-refractivity contribution < 1.29 is 12.8 Å². The van der Waals surface area contributed by atoms with Gasteiger partial charge in [0.05, 0.1) is 10.3 Å². The molecule has 136 valence electrons. The van der Waals surface area contributed by atoms with Crippen LogP contribution in [-0.4, -0.2) is 42.7 Å². The Kier molecular flexibility index (Phi) is 3.94. The highest BCUT2D eigenvalue weighted by Gasteiger charge is 2.46. The first kappa shape index (κ1) is 17.3. The molecule has 0 N–H and O–H groups in total. The van der Waals surface area contributed by atoms with E-state index in [1.807, 2.05) is 20.8 Å². The normalized spacial score (nSPS) is 25.0. The lowest BCUT2D eigenvalue weighted by Crippen LogP contribution is -2.34. The SMILES string of the molecule is CC(C)(C)c1nc2ccc(Cl)c(S(=O)(=O)[C@H]3CCN4CCCC34)c2o1. The van der Waals surface area contributed by atoms with Gasteiger partial charge in [-0.3, -0.25) is 4.90 Å². The molecule has 0 aliphatic carbocycles. The van der Waals surface area contributed by atoms with Crippen molar-refractivity contribution >= 4 is 32.5 Å². The predicted molar refractivity (Wildman–Crippen MR) is 97.9 cm³/mol. The highest BCUT2D eigenvalue weighted by atomic mass is 35.5. The van der Waals surface area contributed by atoms with Gasteiger partial charge in [0.15, 0.2) is 15.4 Å². The van der Waals surface area contributed by atoms with Crippen molar-refractivity contribution in [2.24, 2.45) is 0 Å². The Morgan fingerprint density at radius 2 is 2.00 bits per heavy atom. The first-order valence-corrected chi connectivity index (χ1v) is 10.7. The van der Waals surface area contributed by atoms with Crippen LogP contribution in [0.1, 0.15) is 45.9 Å². The second kappa shape index (κ2) is 5.69.